The Balaban J connectivity index is 2.44. The van der Waals surface area contributed by atoms with Crippen LogP contribution in [0.1, 0.15) is 11.1 Å². The number of nitrogens with one attached hydrogen (secondary N) is 1. The second kappa shape index (κ2) is 5.15. The van der Waals surface area contributed by atoms with Gasteiger partial charge in [-0.2, -0.15) is 13.7 Å². The molecule has 20 heavy (non-hydrogen) atoms. The van der Waals surface area contributed by atoms with Crippen molar-refractivity contribution >= 4 is 27.3 Å². The second-order valence-electron chi connectivity index (χ2n) is 4.20. The number of rotatable bonds is 3. The van der Waals surface area contributed by atoms with E-state index < -0.39 is 10.0 Å². The fourth-order valence-electron chi connectivity index (χ4n) is 1.57. The van der Waals surface area contributed by atoms with Crippen molar-refractivity contribution in [2.45, 2.75) is 11.9 Å². The molecule has 0 aliphatic carbocycles. The summed E-state index contributed by atoms with van der Waals surface area (Å²) >= 11 is 5.89. The first kappa shape index (κ1) is 14.4. The summed E-state index contributed by atoms with van der Waals surface area (Å²) in [6.07, 6.45) is 1.31. The predicted molar refractivity (Wildman–Crippen MR) is 74.9 cm³/mol. The van der Waals surface area contributed by atoms with Gasteiger partial charge in [0, 0.05) is 7.05 Å². The van der Waals surface area contributed by atoms with E-state index in [0.717, 1.165) is 0 Å². The number of benzene rings is 1. The van der Waals surface area contributed by atoms with Crippen LogP contribution in [0.15, 0.2) is 29.6 Å². The number of imidazole rings is 1. The van der Waals surface area contributed by atoms with Crippen molar-refractivity contribution in [1.82, 2.24) is 9.55 Å². The molecule has 0 atom stereocenters. The highest BCUT2D eigenvalue weighted by atomic mass is 35.5. The Morgan fingerprint density at radius 1 is 1.45 bits per heavy atom. The minimum absolute atomic E-state index is 0.0200. The van der Waals surface area contributed by atoms with Gasteiger partial charge >= 0.3 is 0 Å². The molecule has 8 heteroatoms. The Morgan fingerprint density at radius 2 is 2.15 bits per heavy atom. The third-order valence-corrected chi connectivity index (χ3v) is 4.55. The average Bonchev–Trinajstić information content (AvgIpc) is 2.73. The van der Waals surface area contributed by atoms with Gasteiger partial charge in [0.15, 0.2) is 0 Å². The van der Waals surface area contributed by atoms with Crippen molar-refractivity contribution in [3.05, 3.63) is 40.8 Å². The first-order chi connectivity index (χ1) is 9.35. The van der Waals surface area contributed by atoms with Crippen molar-refractivity contribution in [3.63, 3.8) is 0 Å². The summed E-state index contributed by atoms with van der Waals surface area (Å²) < 4.78 is 28.3. The van der Waals surface area contributed by atoms with Gasteiger partial charge in [-0.15, -0.1) is 0 Å². The van der Waals surface area contributed by atoms with E-state index in [-0.39, 0.29) is 10.2 Å². The zero-order valence-corrected chi connectivity index (χ0v) is 12.3. The second-order valence-corrected chi connectivity index (χ2v) is 6.15. The van der Waals surface area contributed by atoms with Crippen LogP contribution >= 0.6 is 11.6 Å². The van der Waals surface area contributed by atoms with E-state index in [1.165, 1.54) is 17.0 Å². The monoisotopic (exact) mass is 310 g/mol. The number of hydrogen-bond donors (Lipinski definition) is 1. The van der Waals surface area contributed by atoms with Crippen LogP contribution in [-0.4, -0.2) is 18.0 Å². The van der Waals surface area contributed by atoms with Crippen LogP contribution in [-0.2, 0) is 17.1 Å². The number of halogens is 1. The average molecular weight is 311 g/mol. The highest BCUT2D eigenvalue weighted by Gasteiger charge is 2.23. The van der Waals surface area contributed by atoms with Crippen molar-refractivity contribution in [2.75, 3.05) is 4.72 Å². The first-order valence-corrected chi connectivity index (χ1v) is 7.41. The molecule has 0 aliphatic rings. The maximum absolute atomic E-state index is 12.2. The smallest absolute Gasteiger partial charge is 0.282 e. The minimum Gasteiger partial charge on any atom is -0.324 e. The third kappa shape index (κ3) is 2.61. The number of anilines is 1. The van der Waals surface area contributed by atoms with E-state index >= 15 is 0 Å². The van der Waals surface area contributed by atoms with Crippen molar-refractivity contribution < 1.29 is 8.42 Å². The normalized spacial score (nSPS) is 11.1. The molecule has 2 rings (SSSR count). The number of aromatic nitrogens is 2. The van der Waals surface area contributed by atoms with Crippen LogP contribution in [0.3, 0.4) is 0 Å². The number of nitriles is 1. The molecule has 0 spiro atoms. The van der Waals surface area contributed by atoms with Gasteiger partial charge in [0.2, 0.25) is 5.03 Å². The molecular formula is C12H11ClN4O2S. The topological polar surface area (TPSA) is 87.8 Å². The summed E-state index contributed by atoms with van der Waals surface area (Å²) in [5, 5.41) is 8.62. The fraction of sp³-hybridized carbons (Fsp3) is 0.167. The lowest BCUT2D eigenvalue weighted by atomic mass is 10.1. The van der Waals surface area contributed by atoms with E-state index in [1.54, 1.807) is 26.1 Å². The van der Waals surface area contributed by atoms with Crippen LogP contribution in [0, 0.1) is 18.3 Å². The van der Waals surface area contributed by atoms with Crippen molar-refractivity contribution in [2.24, 2.45) is 7.05 Å². The number of aryl methyl sites for hydroxylation is 2. The number of nitrogens with zero attached hydrogens (tertiary/aromatic N) is 3. The zero-order valence-electron chi connectivity index (χ0n) is 10.8. The molecule has 0 saturated carbocycles. The van der Waals surface area contributed by atoms with E-state index in [1.807, 2.05) is 6.07 Å². The van der Waals surface area contributed by atoms with Gasteiger partial charge in [0.1, 0.15) is 5.15 Å². The molecule has 1 N–H and O–H groups in total. The third-order valence-electron chi connectivity index (χ3n) is 2.70. The Hall–Kier alpha value is -2.04. The fourth-order valence-corrected chi connectivity index (χ4v) is 3.12. The van der Waals surface area contributed by atoms with Crippen LogP contribution in [0.5, 0.6) is 0 Å². The van der Waals surface area contributed by atoms with Crippen molar-refractivity contribution in [1.29, 1.82) is 5.26 Å². The number of sulfonamides is 1. The summed E-state index contributed by atoms with van der Waals surface area (Å²) in [6, 6.07) is 6.69. The Labute approximate surface area is 121 Å². The lowest BCUT2D eigenvalue weighted by Crippen LogP contribution is -2.15. The molecule has 2 aromatic rings. The maximum Gasteiger partial charge on any atom is 0.282 e. The predicted octanol–water partition coefficient (Wildman–Crippen LogP) is 2.05. The Bertz CT molecular complexity index is 805. The molecule has 6 nitrogen and oxygen atoms in total. The van der Waals surface area contributed by atoms with Crippen LogP contribution in [0.2, 0.25) is 5.15 Å². The molecular weight excluding hydrogens is 300 g/mol. The summed E-state index contributed by atoms with van der Waals surface area (Å²) in [4.78, 5) is 3.77. The lowest BCUT2D eigenvalue weighted by Gasteiger charge is -2.09. The summed E-state index contributed by atoms with van der Waals surface area (Å²) in [5.41, 5.74) is 1.38. The summed E-state index contributed by atoms with van der Waals surface area (Å²) in [5.74, 6) is 0. The summed E-state index contributed by atoms with van der Waals surface area (Å²) in [7, 11) is -2.30. The molecule has 0 radical (unpaired) electrons. The molecule has 0 aliphatic heterocycles. The van der Waals surface area contributed by atoms with Crippen LogP contribution in [0.25, 0.3) is 0 Å². The van der Waals surface area contributed by atoms with Gasteiger partial charge in [-0.25, -0.2) is 4.98 Å². The van der Waals surface area contributed by atoms with Gasteiger partial charge in [-0.3, -0.25) is 4.72 Å². The van der Waals surface area contributed by atoms with Gasteiger partial charge in [-0.05, 0) is 24.6 Å². The molecule has 104 valence electrons. The molecule has 0 amide bonds. The van der Waals surface area contributed by atoms with Crippen molar-refractivity contribution in [3.8, 4) is 6.07 Å². The molecule has 0 bridgehead atoms. The molecule has 1 aromatic carbocycles. The highest BCUT2D eigenvalue weighted by molar-refractivity contribution is 7.92. The van der Waals surface area contributed by atoms with Gasteiger partial charge in [0.25, 0.3) is 10.0 Å². The van der Waals surface area contributed by atoms with E-state index in [0.29, 0.717) is 16.8 Å². The lowest BCUT2D eigenvalue weighted by molar-refractivity contribution is 0.598. The first-order valence-electron chi connectivity index (χ1n) is 5.55. The van der Waals surface area contributed by atoms with E-state index in [4.69, 9.17) is 16.9 Å². The molecule has 0 saturated heterocycles. The van der Waals surface area contributed by atoms with Gasteiger partial charge in [0.05, 0.1) is 23.6 Å². The van der Waals surface area contributed by atoms with Gasteiger partial charge < -0.3 is 4.57 Å². The van der Waals surface area contributed by atoms with E-state index in [2.05, 4.69) is 9.71 Å². The summed E-state index contributed by atoms with van der Waals surface area (Å²) in [6.45, 7) is 1.74. The zero-order chi connectivity index (χ0) is 14.9. The molecule has 1 aromatic heterocycles. The van der Waals surface area contributed by atoms with Crippen LogP contribution < -0.4 is 4.72 Å². The van der Waals surface area contributed by atoms with E-state index in [9.17, 15) is 8.42 Å². The Morgan fingerprint density at radius 3 is 2.70 bits per heavy atom. The van der Waals surface area contributed by atoms with Gasteiger partial charge in [-0.1, -0.05) is 17.7 Å². The SMILES string of the molecule is Cc1ccc(C#N)cc1NS(=O)(=O)c1ncn(C)c1Cl. The molecule has 0 unspecified atom stereocenters. The van der Waals surface area contributed by atoms with Crippen LogP contribution in [0.4, 0.5) is 5.69 Å². The minimum atomic E-state index is -3.89. The Kier molecular flexibility index (Phi) is 3.70. The standard InChI is InChI=1S/C12H11ClN4O2S/c1-8-3-4-9(6-14)5-10(8)16-20(18,19)12-11(13)17(2)7-15-12/h3-5,7,16H,1-2H3. The molecule has 0 fully saturated rings. The quantitative estimate of drug-likeness (QED) is 0.939. The number of hydrogen-bond acceptors (Lipinski definition) is 4. The largest absolute Gasteiger partial charge is 0.324 e. The highest BCUT2D eigenvalue weighted by Crippen LogP contribution is 2.24. The maximum atomic E-state index is 12.2. The molecule has 1 heterocycles.